The second-order valence-corrected chi connectivity index (χ2v) is 7.89. The molecule has 8 nitrogen and oxygen atoms in total. The van der Waals surface area contributed by atoms with E-state index in [9.17, 15) is 19.2 Å². The van der Waals surface area contributed by atoms with E-state index < -0.39 is 12.0 Å². The molecular weight excluding hydrogens is 386 g/mol. The van der Waals surface area contributed by atoms with Crippen molar-refractivity contribution in [3.05, 3.63) is 42.5 Å². The number of esters is 1. The first-order chi connectivity index (χ1) is 14.5. The molecule has 3 saturated heterocycles. The molecule has 0 N–H and O–H groups in total. The van der Waals surface area contributed by atoms with Gasteiger partial charge in [0.25, 0.3) is 5.91 Å². The van der Waals surface area contributed by atoms with Gasteiger partial charge in [0.05, 0.1) is 31.3 Å². The van der Waals surface area contributed by atoms with Crippen molar-refractivity contribution in [2.75, 3.05) is 18.6 Å². The number of imide groups is 1. The van der Waals surface area contributed by atoms with Gasteiger partial charge in [0.1, 0.15) is 6.04 Å². The van der Waals surface area contributed by atoms with Crippen LogP contribution in [0.25, 0.3) is 10.8 Å². The average molecular weight is 407 g/mol. The molecule has 8 heteroatoms. The summed E-state index contributed by atoms with van der Waals surface area (Å²) < 4.78 is 4.60. The smallest absolute Gasteiger partial charge is 0.332 e. The molecule has 5 rings (SSSR count). The number of nitrogens with zero attached hydrogens (tertiary/aromatic N) is 3. The Hall–Kier alpha value is -3.42. The number of carbonyl (C=O) groups excluding carboxylic acids is 4. The van der Waals surface area contributed by atoms with Gasteiger partial charge in [-0.1, -0.05) is 36.4 Å². The number of amides is 4. The molecule has 2 aromatic rings. The van der Waals surface area contributed by atoms with Gasteiger partial charge < -0.3 is 14.5 Å². The molecule has 0 aliphatic carbocycles. The highest BCUT2D eigenvalue weighted by Crippen LogP contribution is 2.43. The first-order valence-electron chi connectivity index (χ1n) is 10.0. The molecule has 154 valence electrons. The third-order valence-corrected chi connectivity index (χ3v) is 6.36. The first kappa shape index (κ1) is 18.6. The van der Waals surface area contributed by atoms with Gasteiger partial charge in [-0.05, 0) is 17.9 Å². The minimum atomic E-state index is -0.669. The maximum atomic E-state index is 13.4. The molecule has 3 fully saturated rings. The largest absolute Gasteiger partial charge is 0.469 e. The minimum absolute atomic E-state index is 0.00656. The van der Waals surface area contributed by atoms with Crippen LogP contribution in [-0.4, -0.2) is 65.4 Å². The Morgan fingerprint density at radius 1 is 1.07 bits per heavy atom. The first-order valence-corrected chi connectivity index (χ1v) is 10.0. The number of benzene rings is 2. The zero-order valence-electron chi connectivity index (χ0n) is 16.5. The van der Waals surface area contributed by atoms with Crippen LogP contribution >= 0.6 is 0 Å². The molecule has 0 aromatic heterocycles. The van der Waals surface area contributed by atoms with Crippen molar-refractivity contribution in [2.24, 2.45) is 0 Å². The number of hydrogen-bond donors (Lipinski definition) is 0. The summed E-state index contributed by atoms with van der Waals surface area (Å²) in [6.45, 7) is 0.392. The number of piperazine rings is 1. The molecule has 0 radical (unpaired) electrons. The quantitative estimate of drug-likeness (QED) is 0.571. The van der Waals surface area contributed by atoms with Crippen LogP contribution < -0.4 is 4.90 Å². The molecule has 30 heavy (non-hydrogen) atoms. The summed E-state index contributed by atoms with van der Waals surface area (Å²) >= 11 is 0. The zero-order valence-corrected chi connectivity index (χ0v) is 16.5. The van der Waals surface area contributed by atoms with Crippen LogP contribution in [0.4, 0.5) is 10.5 Å². The van der Waals surface area contributed by atoms with E-state index in [1.807, 2.05) is 36.4 Å². The second-order valence-electron chi connectivity index (χ2n) is 7.89. The molecular formula is C22H21N3O5. The molecule has 0 saturated carbocycles. The minimum Gasteiger partial charge on any atom is -0.469 e. The standard InChI is InChI=1S/C22H21N3O5/c1-30-19(27)10-9-18(26)23-12-14-11-17(23)20-21(28)25(22(29)24(14)20)16-8-4-6-13-5-2-3-7-15(13)16/h2-8,14,17,20H,9-12H2,1H3/t14-,17?,20+/m1/s1. The summed E-state index contributed by atoms with van der Waals surface area (Å²) in [7, 11) is 1.28. The van der Waals surface area contributed by atoms with Crippen LogP contribution in [0.1, 0.15) is 19.3 Å². The van der Waals surface area contributed by atoms with Gasteiger partial charge in [-0.15, -0.1) is 0 Å². The Kier molecular flexibility index (Phi) is 4.23. The van der Waals surface area contributed by atoms with Gasteiger partial charge in [-0.2, -0.15) is 0 Å². The summed E-state index contributed by atoms with van der Waals surface area (Å²) in [5.74, 6) is -0.922. The molecule has 3 aliphatic rings. The van der Waals surface area contributed by atoms with Crippen LogP contribution in [0.5, 0.6) is 0 Å². The molecule has 2 aromatic carbocycles. The molecule has 3 atom stereocenters. The molecule has 4 amide bonds. The third kappa shape index (κ3) is 2.59. The SMILES string of the molecule is COC(=O)CCC(=O)N1C[C@H]2CC1[C@H]1C(=O)N(c3cccc4ccccc34)C(=O)N21. The fourth-order valence-corrected chi connectivity index (χ4v) is 5.02. The Labute approximate surface area is 173 Å². The number of ether oxygens (including phenoxy) is 1. The topological polar surface area (TPSA) is 87.2 Å². The fourth-order valence-electron chi connectivity index (χ4n) is 5.02. The average Bonchev–Trinajstić information content (AvgIpc) is 3.43. The van der Waals surface area contributed by atoms with E-state index in [1.165, 1.54) is 12.0 Å². The second kappa shape index (κ2) is 6.83. The maximum absolute atomic E-state index is 13.4. The molecule has 1 unspecified atom stereocenters. The predicted octanol–water partition coefficient (Wildman–Crippen LogP) is 1.91. The van der Waals surface area contributed by atoms with Crippen molar-refractivity contribution in [1.82, 2.24) is 9.80 Å². The summed E-state index contributed by atoms with van der Waals surface area (Å²) in [4.78, 5) is 55.2. The zero-order chi connectivity index (χ0) is 21.0. The van der Waals surface area contributed by atoms with E-state index >= 15 is 0 Å². The van der Waals surface area contributed by atoms with Gasteiger partial charge in [0, 0.05) is 18.4 Å². The number of fused-ring (bicyclic) bond motifs is 6. The normalized spacial score (nSPS) is 24.7. The lowest BCUT2D eigenvalue weighted by molar-refractivity contribution is -0.144. The van der Waals surface area contributed by atoms with Crippen LogP contribution in [0.3, 0.4) is 0 Å². The van der Waals surface area contributed by atoms with Crippen LogP contribution in [0.15, 0.2) is 42.5 Å². The van der Waals surface area contributed by atoms with Crippen LogP contribution in [0, 0.1) is 0 Å². The van der Waals surface area contributed by atoms with E-state index in [2.05, 4.69) is 4.74 Å². The van der Waals surface area contributed by atoms with Gasteiger partial charge in [0.15, 0.2) is 0 Å². The Morgan fingerprint density at radius 3 is 2.63 bits per heavy atom. The van der Waals surface area contributed by atoms with Gasteiger partial charge in [0.2, 0.25) is 5.91 Å². The monoisotopic (exact) mass is 407 g/mol. The van der Waals surface area contributed by atoms with E-state index in [4.69, 9.17) is 0 Å². The van der Waals surface area contributed by atoms with Crippen molar-refractivity contribution >= 4 is 40.3 Å². The molecule has 3 aliphatic heterocycles. The lowest BCUT2D eigenvalue weighted by atomic mass is 10.1. The molecule has 2 bridgehead atoms. The highest BCUT2D eigenvalue weighted by atomic mass is 16.5. The third-order valence-electron chi connectivity index (χ3n) is 6.36. The van der Waals surface area contributed by atoms with Crippen molar-refractivity contribution in [3.63, 3.8) is 0 Å². The van der Waals surface area contributed by atoms with Crippen molar-refractivity contribution in [2.45, 2.75) is 37.4 Å². The van der Waals surface area contributed by atoms with Crippen molar-refractivity contribution in [1.29, 1.82) is 0 Å². The van der Waals surface area contributed by atoms with E-state index in [1.54, 1.807) is 15.9 Å². The van der Waals surface area contributed by atoms with E-state index in [0.29, 0.717) is 18.7 Å². The van der Waals surface area contributed by atoms with Crippen molar-refractivity contribution in [3.8, 4) is 0 Å². The summed E-state index contributed by atoms with van der Waals surface area (Å²) in [5, 5.41) is 1.78. The number of urea groups is 1. The number of likely N-dealkylation sites (tertiary alicyclic amines) is 1. The molecule has 0 spiro atoms. The lowest BCUT2D eigenvalue weighted by Crippen LogP contribution is -2.54. The number of hydrogen-bond acceptors (Lipinski definition) is 5. The molecule has 3 heterocycles. The fraction of sp³-hybridized carbons (Fsp3) is 0.364. The predicted molar refractivity (Wildman–Crippen MR) is 108 cm³/mol. The number of rotatable bonds is 4. The number of carbonyl (C=O) groups is 4. The van der Waals surface area contributed by atoms with Gasteiger partial charge in [-0.25, -0.2) is 9.69 Å². The summed E-state index contributed by atoms with van der Waals surface area (Å²) in [5.41, 5.74) is 0.570. The maximum Gasteiger partial charge on any atom is 0.332 e. The van der Waals surface area contributed by atoms with Gasteiger partial charge in [-0.3, -0.25) is 14.4 Å². The Morgan fingerprint density at radius 2 is 1.83 bits per heavy atom. The summed E-state index contributed by atoms with van der Waals surface area (Å²) in [6, 6.07) is 11.7. The van der Waals surface area contributed by atoms with Crippen LogP contribution in [0.2, 0.25) is 0 Å². The number of methoxy groups -OCH3 is 1. The Balaban J connectivity index is 1.42. The van der Waals surface area contributed by atoms with E-state index in [0.717, 1.165) is 10.8 Å². The Bertz CT molecular complexity index is 1080. The summed E-state index contributed by atoms with van der Waals surface area (Å²) in [6.07, 6.45) is 0.639. The highest BCUT2D eigenvalue weighted by molar-refractivity contribution is 6.25. The van der Waals surface area contributed by atoms with E-state index in [-0.39, 0.29) is 42.8 Å². The van der Waals surface area contributed by atoms with Crippen LogP contribution in [-0.2, 0) is 19.1 Å². The lowest BCUT2D eigenvalue weighted by Gasteiger charge is -2.34. The van der Waals surface area contributed by atoms with Crippen molar-refractivity contribution < 1.29 is 23.9 Å². The number of anilines is 1. The highest BCUT2D eigenvalue weighted by Gasteiger charge is 2.62. The van der Waals surface area contributed by atoms with Gasteiger partial charge >= 0.3 is 12.0 Å².